The van der Waals surface area contributed by atoms with Crippen LogP contribution in [0.1, 0.15) is 17.2 Å². The van der Waals surface area contributed by atoms with Gasteiger partial charge in [0.25, 0.3) is 0 Å². The molecule has 3 heteroatoms. The minimum Gasteiger partial charge on any atom is -0.314 e. The molecule has 0 radical (unpaired) electrons. The summed E-state index contributed by atoms with van der Waals surface area (Å²) in [6, 6.07) is 2.49. The molecule has 2 N–H and O–H groups in total. The van der Waals surface area contributed by atoms with Gasteiger partial charge in [-0.1, -0.05) is 0 Å². The Morgan fingerprint density at radius 1 is 1.46 bits per heavy atom. The molecule has 1 aliphatic heterocycles. The smallest absolute Gasteiger partial charge is 0.0465 e. The molecule has 0 aliphatic carbocycles. The Kier molecular flexibility index (Phi) is 2.57. The van der Waals surface area contributed by atoms with Gasteiger partial charge < -0.3 is 10.6 Å². The normalized spacial score (nSPS) is 23.0. The lowest BCUT2D eigenvalue weighted by atomic mass is 10.0. The fourth-order valence-electron chi connectivity index (χ4n) is 1.71. The number of aryl methyl sites for hydroxylation is 1. The van der Waals surface area contributed by atoms with Crippen molar-refractivity contribution in [3.05, 3.63) is 29.6 Å². The SMILES string of the molecule is Cc1ccncc1[C@@H]1CNCCN1. The van der Waals surface area contributed by atoms with Crippen molar-refractivity contribution >= 4 is 0 Å². The number of piperazine rings is 1. The molecule has 3 nitrogen and oxygen atoms in total. The van der Waals surface area contributed by atoms with Crippen LogP contribution in [0.4, 0.5) is 0 Å². The van der Waals surface area contributed by atoms with E-state index in [-0.39, 0.29) is 0 Å². The van der Waals surface area contributed by atoms with Crippen molar-refractivity contribution in [2.45, 2.75) is 13.0 Å². The van der Waals surface area contributed by atoms with E-state index >= 15 is 0 Å². The average molecular weight is 177 g/mol. The molecular formula is C10H15N3. The fourth-order valence-corrected chi connectivity index (χ4v) is 1.71. The van der Waals surface area contributed by atoms with Crippen molar-refractivity contribution < 1.29 is 0 Å². The zero-order valence-electron chi connectivity index (χ0n) is 7.88. The molecule has 1 aromatic heterocycles. The predicted octanol–water partition coefficient (Wildman–Crippen LogP) is 0.624. The summed E-state index contributed by atoms with van der Waals surface area (Å²) in [5.41, 5.74) is 2.63. The highest BCUT2D eigenvalue weighted by Crippen LogP contribution is 2.16. The van der Waals surface area contributed by atoms with Gasteiger partial charge in [-0.3, -0.25) is 4.98 Å². The highest BCUT2D eigenvalue weighted by atomic mass is 15.1. The van der Waals surface area contributed by atoms with Crippen molar-refractivity contribution in [1.29, 1.82) is 0 Å². The van der Waals surface area contributed by atoms with Gasteiger partial charge in [0.2, 0.25) is 0 Å². The van der Waals surface area contributed by atoms with Gasteiger partial charge in [-0.05, 0) is 24.1 Å². The standard InChI is InChI=1S/C10H15N3/c1-8-2-3-11-6-9(8)10-7-12-4-5-13-10/h2-3,6,10,12-13H,4-5,7H2,1H3/t10-/m0/s1. The van der Waals surface area contributed by atoms with Gasteiger partial charge in [-0.25, -0.2) is 0 Å². The fraction of sp³-hybridized carbons (Fsp3) is 0.500. The van der Waals surface area contributed by atoms with Crippen molar-refractivity contribution in [1.82, 2.24) is 15.6 Å². The topological polar surface area (TPSA) is 37.0 Å². The first-order valence-corrected chi connectivity index (χ1v) is 4.72. The minimum atomic E-state index is 0.433. The summed E-state index contributed by atoms with van der Waals surface area (Å²) in [4.78, 5) is 4.15. The van der Waals surface area contributed by atoms with Crippen LogP contribution in [0.5, 0.6) is 0 Å². The van der Waals surface area contributed by atoms with E-state index in [9.17, 15) is 0 Å². The Labute approximate surface area is 78.6 Å². The zero-order chi connectivity index (χ0) is 9.10. The third-order valence-corrected chi connectivity index (χ3v) is 2.50. The van der Waals surface area contributed by atoms with Crippen molar-refractivity contribution in [3.63, 3.8) is 0 Å². The summed E-state index contributed by atoms with van der Waals surface area (Å²) in [7, 11) is 0. The maximum atomic E-state index is 4.15. The summed E-state index contributed by atoms with van der Waals surface area (Å²) in [6.45, 7) is 5.24. The van der Waals surface area contributed by atoms with Crippen molar-refractivity contribution in [2.24, 2.45) is 0 Å². The first-order chi connectivity index (χ1) is 6.38. The van der Waals surface area contributed by atoms with Crippen LogP contribution < -0.4 is 10.6 Å². The second-order valence-electron chi connectivity index (χ2n) is 3.44. The van der Waals surface area contributed by atoms with Crippen LogP contribution in [0.2, 0.25) is 0 Å². The molecule has 1 fully saturated rings. The van der Waals surface area contributed by atoms with Gasteiger partial charge in [-0.2, -0.15) is 0 Å². The molecule has 2 heterocycles. The average Bonchev–Trinajstić information content (AvgIpc) is 2.20. The molecule has 0 aromatic carbocycles. The maximum absolute atomic E-state index is 4.15. The molecule has 1 atom stereocenters. The lowest BCUT2D eigenvalue weighted by Crippen LogP contribution is -2.42. The quantitative estimate of drug-likeness (QED) is 0.660. The van der Waals surface area contributed by atoms with Crippen molar-refractivity contribution in [3.8, 4) is 0 Å². The number of rotatable bonds is 1. The number of hydrogen-bond acceptors (Lipinski definition) is 3. The van der Waals surface area contributed by atoms with Gasteiger partial charge in [0.1, 0.15) is 0 Å². The number of nitrogens with one attached hydrogen (secondary N) is 2. The molecule has 1 aromatic rings. The Morgan fingerprint density at radius 2 is 2.38 bits per heavy atom. The third-order valence-electron chi connectivity index (χ3n) is 2.50. The Hall–Kier alpha value is -0.930. The highest BCUT2D eigenvalue weighted by molar-refractivity contribution is 5.25. The molecule has 1 aliphatic rings. The predicted molar refractivity (Wildman–Crippen MR) is 52.6 cm³/mol. The number of nitrogens with zero attached hydrogens (tertiary/aromatic N) is 1. The van der Waals surface area contributed by atoms with Gasteiger partial charge in [-0.15, -0.1) is 0 Å². The summed E-state index contributed by atoms with van der Waals surface area (Å²) in [5.74, 6) is 0. The molecule has 0 bridgehead atoms. The second-order valence-corrected chi connectivity index (χ2v) is 3.44. The molecular weight excluding hydrogens is 162 g/mol. The van der Waals surface area contributed by atoms with E-state index in [4.69, 9.17) is 0 Å². The molecule has 0 saturated carbocycles. The van der Waals surface area contributed by atoms with E-state index in [2.05, 4.69) is 28.6 Å². The molecule has 2 rings (SSSR count). The third kappa shape index (κ3) is 1.87. The van der Waals surface area contributed by atoms with Gasteiger partial charge in [0, 0.05) is 38.1 Å². The van der Waals surface area contributed by atoms with Crippen LogP contribution in [-0.2, 0) is 0 Å². The summed E-state index contributed by atoms with van der Waals surface area (Å²) in [5, 5.41) is 6.84. The van der Waals surface area contributed by atoms with E-state index in [1.807, 2.05) is 12.4 Å². The van der Waals surface area contributed by atoms with E-state index in [1.165, 1.54) is 11.1 Å². The maximum Gasteiger partial charge on any atom is 0.0465 e. The van der Waals surface area contributed by atoms with Crippen molar-refractivity contribution in [2.75, 3.05) is 19.6 Å². The highest BCUT2D eigenvalue weighted by Gasteiger charge is 2.15. The van der Waals surface area contributed by atoms with E-state index < -0.39 is 0 Å². The second kappa shape index (κ2) is 3.85. The minimum absolute atomic E-state index is 0.433. The van der Waals surface area contributed by atoms with Crippen LogP contribution in [0, 0.1) is 6.92 Å². The molecule has 0 unspecified atom stereocenters. The van der Waals surface area contributed by atoms with E-state index in [0.29, 0.717) is 6.04 Å². The largest absolute Gasteiger partial charge is 0.314 e. The molecule has 1 saturated heterocycles. The monoisotopic (exact) mass is 177 g/mol. The van der Waals surface area contributed by atoms with Crippen LogP contribution in [0.25, 0.3) is 0 Å². The Balaban J connectivity index is 2.18. The first-order valence-electron chi connectivity index (χ1n) is 4.72. The van der Waals surface area contributed by atoms with E-state index in [1.54, 1.807) is 0 Å². The number of hydrogen-bond donors (Lipinski definition) is 2. The lowest BCUT2D eigenvalue weighted by Gasteiger charge is -2.25. The number of pyridine rings is 1. The molecule has 13 heavy (non-hydrogen) atoms. The summed E-state index contributed by atoms with van der Waals surface area (Å²) in [6.07, 6.45) is 3.80. The lowest BCUT2D eigenvalue weighted by molar-refractivity contribution is 0.428. The van der Waals surface area contributed by atoms with Crippen LogP contribution in [-0.4, -0.2) is 24.6 Å². The van der Waals surface area contributed by atoms with Crippen LogP contribution >= 0.6 is 0 Å². The summed E-state index contributed by atoms with van der Waals surface area (Å²) < 4.78 is 0. The van der Waals surface area contributed by atoms with Gasteiger partial charge in [0.15, 0.2) is 0 Å². The molecule has 0 amide bonds. The Bertz CT molecular complexity index is 279. The summed E-state index contributed by atoms with van der Waals surface area (Å²) >= 11 is 0. The number of aromatic nitrogens is 1. The van der Waals surface area contributed by atoms with Gasteiger partial charge in [0.05, 0.1) is 0 Å². The van der Waals surface area contributed by atoms with Crippen LogP contribution in [0.15, 0.2) is 18.5 Å². The zero-order valence-corrected chi connectivity index (χ0v) is 7.88. The molecule has 70 valence electrons. The van der Waals surface area contributed by atoms with E-state index in [0.717, 1.165) is 19.6 Å². The van der Waals surface area contributed by atoms with Crippen LogP contribution in [0.3, 0.4) is 0 Å². The Morgan fingerprint density at radius 3 is 3.08 bits per heavy atom. The van der Waals surface area contributed by atoms with Gasteiger partial charge >= 0.3 is 0 Å². The first kappa shape index (κ1) is 8.66. The molecule has 0 spiro atoms.